The second-order valence-corrected chi connectivity index (χ2v) is 5.23. The number of halogens is 2. The zero-order valence-electron chi connectivity index (χ0n) is 11.6. The average Bonchev–Trinajstić information content (AvgIpc) is 2.43. The van der Waals surface area contributed by atoms with Gasteiger partial charge >= 0.3 is 0 Å². The molecule has 21 heavy (non-hydrogen) atoms. The molecule has 0 spiro atoms. The van der Waals surface area contributed by atoms with Gasteiger partial charge in [-0.1, -0.05) is 6.07 Å². The Morgan fingerprint density at radius 3 is 2.38 bits per heavy atom. The van der Waals surface area contributed by atoms with Crippen LogP contribution < -0.4 is 5.73 Å². The van der Waals surface area contributed by atoms with Crippen LogP contribution in [0.5, 0.6) is 0 Å². The molecule has 1 unspecified atom stereocenters. The molecule has 0 aliphatic carbocycles. The van der Waals surface area contributed by atoms with Crippen molar-refractivity contribution in [3.05, 3.63) is 35.4 Å². The number of nitrogens with zero attached hydrogens (tertiary/aromatic N) is 2. The third kappa shape index (κ3) is 4.45. The van der Waals surface area contributed by atoms with Gasteiger partial charge in [-0.2, -0.15) is 0 Å². The summed E-state index contributed by atoms with van der Waals surface area (Å²) in [6, 6.07) is 3.41. The summed E-state index contributed by atoms with van der Waals surface area (Å²) in [5.41, 5.74) is 5.50. The lowest BCUT2D eigenvalue weighted by Gasteiger charge is -2.35. The highest BCUT2D eigenvalue weighted by Crippen LogP contribution is 2.18. The van der Waals surface area contributed by atoms with Crippen molar-refractivity contribution in [2.45, 2.75) is 6.10 Å². The summed E-state index contributed by atoms with van der Waals surface area (Å²) in [7, 11) is 0. The maximum Gasteiger partial charge on any atom is 0.231 e. The highest BCUT2D eigenvalue weighted by molar-refractivity contribution is 5.75. The van der Waals surface area contributed by atoms with Gasteiger partial charge in [0.1, 0.15) is 0 Å². The second kappa shape index (κ2) is 6.93. The summed E-state index contributed by atoms with van der Waals surface area (Å²) in [6.07, 6.45) is -0.872. The molecule has 0 radical (unpaired) electrons. The Labute approximate surface area is 121 Å². The Bertz CT molecular complexity index is 505. The zero-order valence-corrected chi connectivity index (χ0v) is 11.6. The van der Waals surface area contributed by atoms with Gasteiger partial charge < -0.3 is 10.8 Å². The largest absolute Gasteiger partial charge is 0.387 e. The van der Waals surface area contributed by atoms with Gasteiger partial charge in [0.15, 0.2) is 11.6 Å². The summed E-state index contributed by atoms with van der Waals surface area (Å²) >= 11 is 0. The standard InChI is InChI=1S/C14H19F2N3O2/c15-11-2-1-10(7-12(11)16)13(20)8-18-3-5-19(6-4-18)9-14(17)21/h1-2,7,13,20H,3-6,8-9H2,(H2,17,21). The molecular weight excluding hydrogens is 280 g/mol. The highest BCUT2D eigenvalue weighted by atomic mass is 19.2. The van der Waals surface area contributed by atoms with E-state index in [-0.39, 0.29) is 12.5 Å². The van der Waals surface area contributed by atoms with E-state index in [0.717, 1.165) is 12.1 Å². The van der Waals surface area contributed by atoms with Crippen molar-refractivity contribution in [3.63, 3.8) is 0 Å². The lowest BCUT2D eigenvalue weighted by atomic mass is 10.1. The van der Waals surface area contributed by atoms with Crippen LogP contribution in [0, 0.1) is 11.6 Å². The topological polar surface area (TPSA) is 69.8 Å². The van der Waals surface area contributed by atoms with Crippen LogP contribution in [0.4, 0.5) is 8.78 Å². The first-order valence-electron chi connectivity index (χ1n) is 6.81. The van der Waals surface area contributed by atoms with E-state index in [1.54, 1.807) is 0 Å². The first kappa shape index (κ1) is 15.8. The Morgan fingerprint density at radius 1 is 1.19 bits per heavy atom. The number of carbonyl (C=O) groups excluding carboxylic acids is 1. The van der Waals surface area contributed by atoms with E-state index in [0.29, 0.717) is 38.3 Å². The number of carbonyl (C=O) groups is 1. The van der Waals surface area contributed by atoms with Gasteiger partial charge in [-0.3, -0.25) is 14.6 Å². The number of piperazine rings is 1. The molecule has 1 heterocycles. The van der Waals surface area contributed by atoms with E-state index in [2.05, 4.69) is 0 Å². The minimum Gasteiger partial charge on any atom is -0.387 e. The molecule has 7 heteroatoms. The van der Waals surface area contributed by atoms with Gasteiger partial charge in [0, 0.05) is 32.7 Å². The summed E-state index contributed by atoms with van der Waals surface area (Å²) in [5, 5.41) is 10.1. The molecule has 0 saturated carbocycles. The quantitative estimate of drug-likeness (QED) is 0.809. The SMILES string of the molecule is NC(=O)CN1CCN(CC(O)c2ccc(F)c(F)c2)CC1. The second-order valence-electron chi connectivity index (χ2n) is 5.23. The number of aliphatic hydroxyl groups excluding tert-OH is 1. The zero-order chi connectivity index (χ0) is 15.4. The first-order chi connectivity index (χ1) is 9.95. The molecule has 5 nitrogen and oxygen atoms in total. The number of nitrogens with two attached hydrogens (primary N) is 1. The molecule has 1 fully saturated rings. The molecule has 1 aromatic carbocycles. The number of hydrogen-bond donors (Lipinski definition) is 2. The number of hydrogen-bond acceptors (Lipinski definition) is 4. The van der Waals surface area contributed by atoms with Gasteiger partial charge in [0.25, 0.3) is 0 Å². The van der Waals surface area contributed by atoms with Gasteiger partial charge in [-0.15, -0.1) is 0 Å². The molecule has 1 aromatic rings. The summed E-state index contributed by atoms with van der Waals surface area (Å²) < 4.78 is 26.0. The van der Waals surface area contributed by atoms with Crippen molar-refractivity contribution >= 4 is 5.91 Å². The number of primary amides is 1. The molecule has 1 atom stereocenters. The van der Waals surface area contributed by atoms with E-state index in [1.807, 2.05) is 9.80 Å². The lowest BCUT2D eigenvalue weighted by Crippen LogP contribution is -2.49. The molecule has 0 aromatic heterocycles. The minimum absolute atomic E-state index is 0.236. The van der Waals surface area contributed by atoms with E-state index in [4.69, 9.17) is 5.73 Å². The molecule has 1 aliphatic rings. The third-order valence-corrected chi connectivity index (χ3v) is 3.60. The van der Waals surface area contributed by atoms with Crippen molar-refractivity contribution in [2.75, 3.05) is 39.3 Å². The van der Waals surface area contributed by atoms with E-state index < -0.39 is 17.7 Å². The monoisotopic (exact) mass is 299 g/mol. The summed E-state index contributed by atoms with van der Waals surface area (Å²) in [5.74, 6) is -2.24. The van der Waals surface area contributed by atoms with Crippen molar-refractivity contribution in [1.29, 1.82) is 0 Å². The smallest absolute Gasteiger partial charge is 0.231 e. The van der Waals surface area contributed by atoms with Gasteiger partial charge in [-0.25, -0.2) is 8.78 Å². The Kier molecular flexibility index (Phi) is 5.22. The van der Waals surface area contributed by atoms with E-state index in [9.17, 15) is 18.7 Å². The average molecular weight is 299 g/mol. The minimum atomic E-state index is -0.960. The van der Waals surface area contributed by atoms with Gasteiger partial charge in [0.05, 0.1) is 12.6 Å². The van der Waals surface area contributed by atoms with Crippen LogP contribution in [-0.2, 0) is 4.79 Å². The van der Waals surface area contributed by atoms with Crippen molar-refractivity contribution in [2.24, 2.45) is 5.73 Å². The number of amides is 1. The van der Waals surface area contributed by atoms with E-state index >= 15 is 0 Å². The molecule has 116 valence electrons. The van der Waals surface area contributed by atoms with Crippen LogP contribution in [0.2, 0.25) is 0 Å². The predicted octanol–water partition coefficient (Wildman–Crippen LogP) is 0.101. The maximum absolute atomic E-state index is 13.1. The van der Waals surface area contributed by atoms with Crippen molar-refractivity contribution < 1.29 is 18.7 Å². The normalized spacial score (nSPS) is 18.6. The molecular formula is C14H19F2N3O2. The molecule has 1 amide bonds. The summed E-state index contributed by atoms with van der Waals surface area (Å²) in [4.78, 5) is 14.8. The van der Waals surface area contributed by atoms with Crippen LogP contribution in [0.15, 0.2) is 18.2 Å². The van der Waals surface area contributed by atoms with E-state index in [1.165, 1.54) is 6.07 Å². The Balaban J connectivity index is 1.85. The van der Waals surface area contributed by atoms with Crippen LogP contribution in [-0.4, -0.2) is 60.1 Å². The van der Waals surface area contributed by atoms with Crippen LogP contribution in [0.3, 0.4) is 0 Å². The Hall–Kier alpha value is -1.57. The fraction of sp³-hybridized carbons (Fsp3) is 0.500. The van der Waals surface area contributed by atoms with Crippen LogP contribution in [0.1, 0.15) is 11.7 Å². The van der Waals surface area contributed by atoms with Crippen LogP contribution in [0.25, 0.3) is 0 Å². The Morgan fingerprint density at radius 2 is 1.81 bits per heavy atom. The fourth-order valence-corrected chi connectivity index (χ4v) is 2.42. The lowest BCUT2D eigenvalue weighted by molar-refractivity contribution is -0.119. The molecule has 3 N–H and O–H groups in total. The first-order valence-corrected chi connectivity index (χ1v) is 6.81. The molecule has 2 rings (SSSR count). The third-order valence-electron chi connectivity index (χ3n) is 3.60. The maximum atomic E-state index is 13.1. The van der Waals surface area contributed by atoms with Crippen molar-refractivity contribution in [1.82, 2.24) is 9.80 Å². The predicted molar refractivity (Wildman–Crippen MR) is 73.4 cm³/mol. The molecule has 1 saturated heterocycles. The number of β-amino-alcohol motifs (C(OH)–C–C–N with tert-alkyl or cyclic N) is 1. The number of benzene rings is 1. The van der Waals surface area contributed by atoms with Crippen molar-refractivity contribution in [3.8, 4) is 0 Å². The van der Waals surface area contributed by atoms with Crippen LogP contribution >= 0.6 is 0 Å². The van der Waals surface area contributed by atoms with Gasteiger partial charge in [0.2, 0.25) is 5.91 Å². The van der Waals surface area contributed by atoms with Gasteiger partial charge in [-0.05, 0) is 17.7 Å². The molecule has 1 aliphatic heterocycles. The number of aliphatic hydroxyl groups is 1. The number of rotatable bonds is 5. The highest BCUT2D eigenvalue weighted by Gasteiger charge is 2.21. The fourth-order valence-electron chi connectivity index (χ4n) is 2.42. The molecule has 0 bridgehead atoms. The summed E-state index contributed by atoms with van der Waals surface area (Å²) in [6.45, 7) is 3.33.